The van der Waals surface area contributed by atoms with Crippen LogP contribution in [-0.4, -0.2) is 11.3 Å². The van der Waals surface area contributed by atoms with Gasteiger partial charge in [-0.25, -0.2) is 0 Å². The lowest BCUT2D eigenvalue weighted by Gasteiger charge is -2.06. The minimum absolute atomic E-state index is 0.0631. The summed E-state index contributed by atoms with van der Waals surface area (Å²) in [5.74, 6) is 0.147. The van der Waals surface area contributed by atoms with Gasteiger partial charge in [-0.15, -0.1) is 8.78 Å². The van der Waals surface area contributed by atoms with Crippen molar-refractivity contribution in [2.75, 3.05) is 0 Å². The summed E-state index contributed by atoms with van der Waals surface area (Å²) in [6.45, 7) is 5.89. The van der Waals surface area contributed by atoms with Crippen molar-refractivity contribution in [3.8, 4) is 22.6 Å². The van der Waals surface area contributed by atoms with E-state index in [-0.39, 0.29) is 11.5 Å². The van der Waals surface area contributed by atoms with Gasteiger partial charge in [-0.2, -0.15) is 0 Å². The number of ether oxygens (including phenoxy) is 2. The van der Waals surface area contributed by atoms with Crippen molar-refractivity contribution in [2.24, 2.45) is 0 Å². The second kappa shape index (κ2) is 4.91. The van der Waals surface area contributed by atoms with Gasteiger partial charge in [0.25, 0.3) is 0 Å². The Hall–Kier alpha value is -2.04. The number of halogens is 2. The normalized spacial score (nSPS) is 14.8. The van der Waals surface area contributed by atoms with Gasteiger partial charge in [0, 0.05) is 23.5 Å². The zero-order valence-corrected chi connectivity index (χ0v) is 11.0. The van der Waals surface area contributed by atoms with E-state index in [1.54, 1.807) is 24.5 Å². The first-order valence-corrected chi connectivity index (χ1v) is 6.09. The maximum Gasteiger partial charge on any atom is 0.586 e. The summed E-state index contributed by atoms with van der Waals surface area (Å²) < 4.78 is 35.0. The predicted molar refractivity (Wildman–Crippen MR) is 68.5 cm³/mol. The molecule has 0 bridgehead atoms. The number of hydrogen-bond donors (Lipinski definition) is 1. The Kier molecular flexibility index (Phi) is 3.46. The molecule has 3 nitrogen and oxygen atoms in total. The molecule has 5 heteroatoms. The first-order valence-electron chi connectivity index (χ1n) is 6.09. The molecule has 0 saturated heterocycles. The number of fused-ring (bicyclic) bond motifs is 1. The average molecular weight is 267 g/mol. The van der Waals surface area contributed by atoms with Crippen LogP contribution in [0.5, 0.6) is 11.5 Å². The van der Waals surface area contributed by atoms with Crippen LogP contribution in [0.15, 0.2) is 30.6 Å². The summed E-state index contributed by atoms with van der Waals surface area (Å²) in [4.78, 5) is 2.92. The Morgan fingerprint density at radius 1 is 1.05 bits per heavy atom. The van der Waals surface area contributed by atoms with E-state index in [9.17, 15) is 8.78 Å². The molecular formula is C14H15F2NO2. The van der Waals surface area contributed by atoms with Gasteiger partial charge in [-0.1, -0.05) is 26.0 Å². The minimum atomic E-state index is -3.58. The Balaban J connectivity index is 0.000000637. The van der Waals surface area contributed by atoms with Gasteiger partial charge in [0.1, 0.15) is 0 Å². The zero-order chi connectivity index (χ0) is 14.0. The van der Waals surface area contributed by atoms with E-state index >= 15 is 0 Å². The van der Waals surface area contributed by atoms with Gasteiger partial charge in [0.15, 0.2) is 11.5 Å². The highest BCUT2D eigenvalue weighted by Gasteiger charge is 2.44. The zero-order valence-electron chi connectivity index (χ0n) is 11.0. The van der Waals surface area contributed by atoms with E-state index in [0.29, 0.717) is 5.56 Å². The summed E-state index contributed by atoms with van der Waals surface area (Å²) in [6, 6.07) is 4.84. The van der Waals surface area contributed by atoms with Crippen LogP contribution in [0.1, 0.15) is 19.4 Å². The molecule has 2 aromatic rings. The molecule has 0 amide bonds. The van der Waals surface area contributed by atoms with Gasteiger partial charge in [-0.05, 0) is 18.6 Å². The second-order valence-electron chi connectivity index (χ2n) is 3.85. The first kappa shape index (κ1) is 13.4. The van der Waals surface area contributed by atoms with E-state index in [1.165, 1.54) is 6.07 Å². The van der Waals surface area contributed by atoms with Crippen molar-refractivity contribution in [1.82, 2.24) is 4.98 Å². The number of aryl methyl sites for hydroxylation is 1. The van der Waals surface area contributed by atoms with Crippen molar-refractivity contribution in [3.63, 3.8) is 0 Å². The number of nitrogens with one attached hydrogen (secondary N) is 1. The van der Waals surface area contributed by atoms with Crippen LogP contribution in [0.2, 0.25) is 0 Å². The number of benzene rings is 1. The lowest BCUT2D eigenvalue weighted by atomic mass is 10.0. The number of H-pyrrole nitrogens is 1. The fraction of sp³-hybridized carbons (Fsp3) is 0.286. The summed E-state index contributed by atoms with van der Waals surface area (Å²) in [5, 5.41) is 0. The van der Waals surface area contributed by atoms with Crippen molar-refractivity contribution in [3.05, 3.63) is 36.2 Å². The third kappa shape index (κ3) is 2.41. The van der Waals surface area contributed by atoms with E-state index in [1.807, 2.05) is 20.8 Å². The summed E-state index contributed by atoms with van der Waals surface area (Å²) in [7, 11) is 0. The topological polar surface area (TPSA) is 34.2 Å². The van der Waals surface area contributed by atoms with Crippen LogP contribution in [0.4, 0.5) is 8.78 Å². The van der Waals surface area contributed by atoms with Crippen LogP contribution < -0.4 is 9.47 Å². The third-order valence-corrected chi connectivity index (χ3v) is 2.67. The second-order valence-corrected chi connectivity index (χ2v) is 3.85. The average Bonchev–Trinajstić information content (AvgIpc) is 2.92. The third-order valence-electron chi connectivity index (χ3n) is 2.67. The lowest BCUT2D eigenvalue weighted by molar-refractivity contribution is -0.286. The molecule has 1 aliphatic heterocycles. The van der Waals surface area contributed by atoms with Crippen LogP contribution in [0, 0.1) is 6.92 Å². The first-order chi connectivity index (χ1) is 9.07. The maximum absolute atomic E-state index is 13.0. The smallest absolute Gasteiger partial charge is 0.395 e. The van der Waals surface area contributed by atoms with Crippen LogP contribution >= 0.6 is 0 Å². The number of hydrogen-bond acceptors (Lipinski definition) is 2. The number of para-hydroxylation sites is 1. The van der Waals surface area contributed by atoms with E-state index in [0.717, 1.165) is 11.1 Å². The van der Waals surface area contributed by atoms with E-state index in [2.05, 4.69) is 14.5 Å². The molecular weight excluding hydrogens is 252 g/mol. The lowest BCUT2D eigenvalue weighted by Crippen LogP contribution is -2.26. The Bertz CT molecular complexity index is 579. The van der Waals surface area contributed by atoms with Crippen LogP contribution in [-0.2, 0) is 0 Å². The summed E-state index contributed by atoms with van der Waals surface area (Å²) >= 11 is 0. The molecule has 0 radical (unpaired) electrons. The molecule has 0 saturated carbocycles. The largest absolute Gasteiger partial charge is 0.586 e. The molecule has 0 aliphatic carbocycles. The Morgan fingerprint density at radius 3 is 2.42 bits per heavy atom. The molecule has 3 rings (SSSR count). The Labute approximate surface area is 110 Å². The van der Waals surface area contributed by atoms with Crippen LogP contribution in [0.25, 0.3) is 11.1 Å². The number of rotatable bonds is 1. The van der Waals surface area contributed by atoms with Gasteiger partial charge in [-0.3, -0.25) is 0 Å². The quantitative estimate of drug-likeness (QED) is 0.834. The molecule has 1 aromatic carbocycles. The standard InChI is InChI=1S/C12H9F2NO2.C2H6/c1-7-5-15-6-9(7)8-3-2-4-10-11(8)17-12(13,14)16-10;1-2/h2-6,15H,1H3;1-2H3. The molecule has 0 fully saturated rings. The molecule has 2 heterocycles. The van der Waals surface area contributed by atoms with Crippen molar-refractivity contribution < 1.29 is 18.3 Å². The number of aromatic amines is 1. The Morgan fingerprint density at radius 2 is 1.79 bits per heavy atom. The SMILES string of the molecule is CC.Cc1c[nH]cc1-c1cccc2c1OC(F)(F)O2. The number of aromatic nitrogens is 1. The van der Waals surface area contributed by atoms with Gasteiger partial charge in [0.2, 0.25) is 0 Å². The molecule has 1 N–H and O–H groups in total. The van der Waals surface area contributed by atoms with E-state index in [4.69, 9.17) is 0 Å². The predicted octanol–water partition coefficient (Wildman–Crippen LogP) is 4.34. The van der Waals surface area contributed by atoms with Crippen molar-refractivity contribution in [2.45, 2.75) is 27.1 Å². The maximum atomic E-state index is 13.0. The highest BCUT2D eigenvalue weighted by molar-refractivity contribution is 5.76. The van der Waals surface area contributed by atoms with Crippen molar-refractivity contribution in [1.29, 1.82) is 0 Å². The highest BCUT2D eigenvalue weighted by atomic mass is 19.3. The van der Waals surface area contributed by atoms with Crippen molar-refractivity contribution >= 4 is 0 Å². The van der Waals surface area contributed by atoms with Gasteiger partial charge < -0.3 is 14.5 Å². The monoisotopic (exact) mass is 267 g/mol. The molecule has 0 spiro atoms. The minimum Gasteiger partial charge on any atom is -0.395 e. The molecule has 1 aliphatic rings. The summed E-state index contributed by atoms with van der Waals surface area (Å²) in [5.41, 5.74) is 2.37. The molecule has 19 heavy (non-hydrogen) atoms. The molecule has 0 atom stereocenters. The fourth-order valence-electron chi connectivity index (χ4n) is 1.91. The fourth-order valence-corrected chi connectivity index (χ4v) is 1.91. The van der Waals surface area contributed by atoms with Gasteiger partial charge >= 0.3 is 6.29 Å². The van der Waals surface area contributed by atoms with E-state index < -0.39 is 6.29 Å². The highest BCUT2D eigenvalue weighted by Crippen LogP contribution is 2.47. The number of alkyl halides is 2. The summed E-state index contributed by atoms with van der Waals surface area (Å²) in [6.07, 6.45) is -0.0455. The molecule has 0 unspecified atom stereocenters. The molecule has 1 aromatic heterocycles. The van der Waals surface area contributed by atoms with Gasteiger partial charge in [0.05, 0.1) is 0 Å². The molecule has 102 valence electrons. The van der Waals surface area contributed by atoms with Crippen LogP contribution in [0.3, 0.4) is 0 Å².